The molecule has 0 radical (unpaired) electrons. The van der Waals surface area contributed by atoms with Gasteiger partial charge in [0.1, 0.15) is 24.1 Å². The topological polar surface area (TPSA) is 105 Å². The maximum absolute atomic E-state index is 13.9. The minimum absolute atomic E-state index is 0.0138. The van der Waals surface area contributed by atoms with E-state index in [4.69, 9.17) is 9.47 Å². The van der Waals surface area contributed by atoms with Gasteiger partial charge in [-0.15, -0.1) is 0 Å². The molecule has 10 heteroatoms. The molecule has 1 N–H and O–H groups in total. The molecule has 3 aromatic rings. The van der Waals surface area contributed by atoms with E-state index in [0.717, 1.165) is 9.87 Å². The molecule has 2 amide bonds. The van der Waals surface area contributed by atoms with Gasteiger partial charge in [0.05, 0.1) is 24.3 Å². The van der Waals surface area contributed by atoms with E-state index in [0.29, 0.717) is 23.8 Å². The Morgan fingerprint density at radius 2 is 1.48 bits per heavy atom. The maximum atomic E-state index is 13.9. The number of methoxy groups -OCH3 is 1. The Morgan fingerprint density at radius 3 is 2.02 bits per heavy atom. The minimum Gasteiger partial charge on any atom is -0.497 e. The molecular formula is C30H37N3O6S. The Morgan fingerprint density at radius 1 is 0.875 bits per heavy atom. The first-order valence-corrected chi connectivity index (χ1v) is 14.5. The maximum Gasteiger partial charge on any atom is 0.264 e. The highest BCUT2D eigenvalue weighted by Crippen LogP contribution is 2.26. The summed E-state index contributed by atoms with van der Waals surface area (Å²) in [6.07, 6.45) is 0. The molecule has 214 valence electrons. The molecule has 0 saturated heterocycles. The number of nitrogens with zero attached hydrogens (tertiary/aromatic N) is 2. The average molecular weight is 568 g/mol. The van der Waals surface area contributed by atoms with Gasteiger partial charge in [0.15, 0.2) is 0 Å². The molecule has 3 aromatic carbocycles. The third-order valence-corrected chi connectivity index (χ3v) is 7.94. The van der Waals surface area contributed by atoms with E-state index >= 15 is 0 Å². The zero-order valence-electron chi connectivity index (χ0n) is 23.5. The second-order valence-electron chi connectivity index (χ2n) is 9.46. The smallest absolute Gasteiger partial charge is 0.264 e. The van der Waals surface area contributed by atoms with Gasteiger partial charge in [-0.05, 0) is 81.8 Å². The fraction of sp³-hybridized carbons (Fsp3) is 0.333. The van der Waals surface area contributed by atoms with Crippen LogP contribution in [0.4, 0.5) is 5.69 Å². The van der Waals surface area contributed by atoms with Crippen molar-refractivity contribution >= 4 is 27.5 Å². The molecule has 9 nitrogen and oxygen atoms in total. The van der Waals surface area contributed by atoms with E-state index in [-0.39, 0.29) is 23.4 Å². The minimum atomic E-state index is -4.15. The Balaban J connectivity index is 1.98. The van der Waals surface area contributed by atoms with Crippen LogP contribution in [0.5, 0.6) is 11.5 Å². The van der Waals surface area contributed by atoms with Crippen LogP contribution in [0.15, 0.2) is 83.8 Å². The van der Waals surface area contributed by atoms with Gasteiger partial charge in [-0.25, -0.2) is 8.42 Å². The van der Waals surface area contributed by atoms with E-state index in [9.17, 15) is 18.0 Å². The molecule has 0 bridgehead atoms. The van der Waals surface area contributed by atoms with Gasteiger partial charge in [-0.2, -0.15) is 0 Å². The number of hydrogen-bond acceptors (Lipinski definition) is 6. The second kappa shape index (κ2) is 13.8. The third-order valence-electron chi connectivity index (χ3n) is 6.16. The van der Waals surface area contributed by atoms with Crippen molar-refractivity contribution in [1.82, 2.24) is 10.2 Å². The van der Waals surface area contributed by atoms with Gasteiger partial charge in [0, 0.05) is 12.6 Å². The van der Waals surface area contributed by atoms with Gasteiger partial charge < -0.3 is 19.7 Å². The Kier molecular flexibility index (Phi) is 10.6. The number of benzene rings is 3. The van der Waals surface area contributed by atoms with Crippen molar-refractivity contribution < 1.29 is 27.5 Å². The first kappa shape index (κ1) is 30.5. The second-order valence-corrected chi connectivity index (χ2v) is 11.3. The number of rotatable bonds is 13. The van der Waals surface area contributed by atoms with Crippen molar-refractivity contribution in [1.29, 1.82) is 0 Å². The predicted octanol–water partition coefficient (Wildman–Crippen LogP) is 4.23. The Labute approximate surface area is 236 Å². The molecule has 0 spiro atoms. The number of amides is 2. The van der Waals surface area contributed by atoms with Crippen LogP contribution < -0.4 is 19.1 Å². The molecular weight excluding hydrogens is 530 g/mol. The summed E-state index contributed by atoms with van der Waals surface area (Å²) in [5, 5.41) is 2.84. The van der Waals surface area contributed by atoms with Crippen molar-refractivity contribution in [3.05, 3.63) is 84.4 Å². The summed E-state index contributed by atoms with van der Waals surface area (Å²) in [6.45, 7) is 7.18. The quantitative estimate of drug-likeness (QED) is 0.332. The van der Waals surface area contributed by atoms with Crippen LogP contribution in [-0.2, 0) is 26.2 Å². The summed E-state index contributed by atoms with van der Waals surface area (Å²) in [4.78, 5) is 28.3. The molecule has 0 saturated carbocycles. The molecule has 0 fully saturated rings. The van der Waals surface area contributed by atoms with E-state index in [1.807, 2.05) is 20.8 Å². The molecule has 0 aliphatic heterocycles. The highest BCUT2D eigenvalue weighted by molar-refractivity contribution is 7.92. The lowest BCUT2D eigenvalue weighted by Crippen LogP contribution is -2.52. The fourth-order valence-electron chi connectivity index (χ4n) is 4.04. The van der Waals surface area contributed by atoms with Crippen LogP contribution in [0.3, 0.4) is 0 Å². The molecule has 0 aliphatic carbocycles. The number of anilines is 1. The molecule has 0 heterocycles. The molecule has 0 aliphatic rings. The van der Waals surface area contributed by atoms with Crippen LogP contribution in [-0.4, -0.2) is 57.5 Å². The van der Waals surface area contributed by atoms with Crippen LogP contribution in [0.2, 0.25) is 0 Å². The third kappa shape index (κ3) is 7.75. The van der Waals surface area contributed by atoms with Crippen LogP contribution >= 0.6 is 0 Å². The number of ether oxygens (including phenoxy) is 2. The summed E-state index contributed by atoms with van der Waals surface area (Å²) >= 11 is 0. The monoisotopic (exact) mass is 567 g/mol. The zero-order chi connectivity index (χ0) is 29.3. The molecule has 0 aromatic heterocycles. The summed E-state index contributed by atoms with van der Waals surface area (Å²) in [5.41, 5.74) is 1.09. The Hall–Kier alpha value is -4.05. The average Bonchev–Trinajstić information content (AvgIpc) is 2.95. The number of carbonyl (C=O) groups excluding carboxylic acids is 2. The number of carbonyl (C=O) groups is 2. The summed E-state index contributed by atoms with van der Waals surface area (Å²) < 4.78 is 39.5. The van der Waals surface area contributed by atoms with Crippen molar-refractivity contribution in [2.75, 3.05) is 24.6 Å². The van der Waals surface area contributed by atoms with Gasteiger partial charge in [-0.1, -0.05) is 30.3 Å². The number of para-hydroxylation sites is 1. The summed E-state index contributed by atoms with van der Waals surface area (Å²) in [6, 6.07) is 20.6. The highest BCUT2D eigenvalue weighted by Gasteiger charge is 2.32. The van der Waals surface area contributed by atoms with Crippen LogP contribution in [0.1, 0.15) is 33.3 Å². The van der Waals surface area contributed by atoms with E-state index in [2.05, 4.69) is 5.32 Å². The number of nitrogens with one attached hydrogen (secondary N) is 1. The lowest BCUT2D eigenvalue weighted by atomic mass is 10.1. The lowest BCUT2D eigenvalue weighted by molar-refractivity contribution is -0.139. The first-order valence-electron chi connectivity index (χ1n) is 13.1. The van der Waals surface area contributed by atoms with Gasteiger partial charge in [0.25, 0.3) is 10.0 Å². The highest BCUT2D eigenvalue weighted by atomic mass is 32.2. The largest absolute Gasteiger partial charge is 0.497 e. The predicted molar refractivity (Wildman–Crippen MR) is 155 cm³/mol. The molecule has 40 heavy (non-hydrogen) atoms. The standard InChI is InChI=1S/C30H37N3O6S/c1-6-39-27-16-18-28(19-17-27)40(36,37)33(25-10-8-7-9-11-25)21-29(34)32(23(4)30(35)31-22(2)3)20-24-12-14-26(38-5)15-13-24/h7-19,22-23H,6,20-21H2,1-5H3,(H,31,35)/t23-/m1/s1. The SMILES string of the molecule is CCOc1ccc(S(=O)(=O)N(CC(=O)N(Cc2ccc(OC)cc2)[C@H](C)C(=O)NC(C)C)c2ccccc2)cc1. The zero-order valence-corrected chi connectivity index (χ0v) is 24.4. The van der Waals surface area contributed by atoms with E-state index in [1.165, 1.54) is 17.0 Å². The normalized spacial score (nSPS) is 11.9. The van der Waals surface area contributed by atoms with Crippen molar-refractivity contribution in [3.8, 4) is 11.5 Å². The van der Waals surface area contributed by atoms with E-state index in [1.54, 1.807) is 80.8 Å². The van der Waals surface area contributed by atoms with Crippen molar-refractivity contribution in [2.24, 2.45) is 0 Å². The molecule has 3 rings (SSSR count). The van der Waals surface area contributed by atoms with Crippen LogP contribution in [0.25, 0.3) is 0 Å². The lowest BCUT2D eigenvalue weighted by Gasteiger charge is -2.32. The van der Waals surface area contributed by atoms with Crippen LogP contribution in [0, 0.1) is 0 Å². The number of sulfonamides is 1. The van der Waals surface area contributed by atoms with Crippen molar-refractivity contribution in [3.63, 3.8) is 0 Å². The summed E-state index contributed by atoms with van der Waals surface area (Å²) in [5.74, 6) is 0.335. The Bertz CT molecular complexity index is 1360. The van der Waals surface area contributed by atoms with Gasteiger partial charge >= 0.3 is 0 Å². The number of hydrogen-bond donors (Lipinski definition) is 1. The van der Waals surface area contributed by atoms with Crippen molar-refractivity contribution in [2.45, 2.75) is 51.2 Å². The van der Waals surface area contributed by atoms with E-state index < -0.39 is 28.5 Å². The van der Waals surface area contributed by atoms with Gasteiger partial charge in [0.2, 0.25) is 11.8 Å². The molecule has 1 atom stereocenters. The fourth-order valence-corrected chi connectivity index (χ4v) is 5.45. The summed E-state index contributed by atoms with van der Waals surface area (Å²) in [7, 11) is -2.59. The first-order chi connectivity index (χ1) is 19.1. The molecule has 0 unspecified atom stereocenters. The van der Waals surface area contributed by atoms with Gasteiger partial charge in [-0.3, -0.25) is 13.9 Å².